The van der Waals surface area contributed by atoms with Crippen LogP contribution in [0.15, 0.2) is 29.2 Å². The first-order valence-corrected chi connectivity index (χ1v) is 11.4. The molecule has 25 heavy (non-hydrogen) atoms. The first-order chi connectivity index (χ1) is 11.6. The zero-order chi connectivity index (χ0) is 18.8. The van der Waals surface area contributed by atoms with Crippen LogP contribution in [0, 0.1) is 6.92 Å². The van der Waals surface area contributed by atoms with Crippen molar-refractivity contribution >= 4 is 25.3 Å². The van der Waals surface area contributed by atoms with Gasteiger partial charge >= 0.3 is 0 Å². The van der Waals surface area contributed by atoms with Crippen molar-refractivity contribution in [2.24, 2.45) is 0 Å². The molecular weight excluding hydrogens is 366 g/mol. The van der Waals surface area contributed by atoms with Gasteiger partial charge in [-0.3, -0.25) is 8.75 Å². The van der Waals surface area contributed by atoms with E-state index in [-0.39, 0.29) is 17.7 Å². The van der Waals surface area contributed by atoms with Crippen molar-refractivity contribution < 1.29 is 31.5 Å². The van der Waals surface area contributed by atoms with Crippen molar-refractivity contribution in [1.29, 1.82) is 0 Å². The molecule has 0 aromatic heterocycles. The molecule has 1 fully saturated rings. The summed E-state index contributed by atoms with van der Waals surface area (Å²) in [5, 5.41) is 10.3. The summed E-state index contributed by atoms with van der Waals surface area (Å²) in [5.41, 5.74) is 0.909. The van der Waals surface area contributed by atoms with Crippen molar-refractivity contribution in [3.8, 4) is 0 Å². The van der Waals surface area contributed by atoms with Crippen LogP contribution in [0.5, 0.6) is 0 Å². The van der Waals surface area contributed by atoms with Gasteiger partial charge in [-0.25, -0.2) is 0 Å². The zero-order valence-electron chi connectivity index (χ0n) is 14.4. The van der Waals surface area contributed by atoms with E-state index in [1.165, 1.54) is 25.9 Å². The van der Waals surface area contributed by atoms with Gasteiger partial charge in [-0.05, 0) is 31.3 Å². The van der Waals surface area contributed by atoms with E-state index in [2.05, 4.69) is 0 Å². The number of benzene rings is 1. The molecule has 1 aromatic rings. The largest absolute Gasteiger partial charge is 0.388 e. The van der Waals surface area contributed by atoms with Gasteiger partial charge < -0.3 is 14.4 Å². The van der Waals surface area contributed by atoms with E-state index in [4.69, 9.17) is 21.3 Å². The second kappa shape index (κ2) is 7.90. The monoisotopic (exact) mass is 388 g/mol. The minimum absolute atomic E-state index is 0.0145. The SMILES string of the molecule is [B]C1CC(OCP(C)(=O)OC)C(O)C1OS(=O)(=O)c1ccc(C)cc1. The summed E-state index contributed by atoms with van der Waals surface area (Å²) in [6, 6.07) is 6.16. The van der Waals surface area contributed by atoms with Gasteiger partial charge in [0.2, 0.25) is 7.37 Å². The topological polar surface area (TPSA) is 99.1 Å². The third-order valence-electron chi connectivity index (χ3n) is 4.10. The summed E-state index contributed by atoms with van der Waals surface area (Å²) in [4.78, 5) is -0.0145. The zero-order valence-corrected chi connectivity index (χ0v) is 16.1. The lowest BCUT2D eigenvalue weighted by Crippen LogP contribution is -2.35. The third kappa shape index (κ3) is 5.15. The van der Waals surface area contributed by atoms with Crippen LogP contribution in [0.3, 0.4) is 0 Å². The fourth-order valence-corrected chi connectivity index (χ4v) is 4.19. The van der Waals surface area contributed by atoms with Crippen LogP contribution >= 0.6 is 7.37 Å². The molecule has 7 nitrogen and oxygen atoms in total. The second-order valence-corrected chi connectivity index (χ2v) is 10.5. The highest BCUT2D eigenvalue weighted by atomic mass is 32.2. The van der Waals surface area contributed by atoms with Crippen molar-refractivity contribution in [2.75, 3.05) is 20.1 Å². The molecule has 1 N–H and O–H groups in total. The Labute approximate surface area is 149 Å². The highest BCUT2D eigenvalue weighted by Crippen LogP contribution is 2.43. The predicted molar refractivity (Wildman–Crippen MR) is 93.6 cm³/mol. The Morgan fingerprint density at radius 1 is 1.32 bits per heavy atom. The predicted octanol–water partition coefficient (Wildman–Crippen LogP) is 1.69. The van der Waals surface area contributed by atoms with E-state index in [9.17, 15) is 18.1 Å². The minimum Gasteiger partial charge on any atom is -0.388 e. The molecule has 138 valence electrons. The Morgan fingerprint density at radius 2 is 1.92 bits per heavy atom. The Balaban J connectivity index is 2.07. The van der Waals surface area contributed by atoms with Crippen LogP contribution in [-0.4, -0.2) is 59.8 Å². The maximum absolute atomic E-state index is 12.4. The maximum Gasteiger partial charge on any atom is 0.297 e. The quantitative estimate of drug-likeness (QED) is 0.431. The molecule has 0 aliphatic heterocycles. The molecule has 5 unspecified atom stereocenters. The molecule has 2 radical (unpaired) electrons. The van der Waals surface area contributed by atoms with E-state index >= 15 is 0 Å². The number of hydrogen-bond donors (Lipinski definition) is 1. The molecule has 1 saturated carbocycles. The van der Waals surface area contributed by atoms with Gasteiger partial charge in [0.05, 0.1) is 18.8 Å². The number of aliphatic hydroxyl groups is 1. The van der Waals surface area contributed by atoms with Gasteiger partial charge in [0, 0.05) is 13.8 Å². The van der Waals surface area contributed by atoms with Crippen LogP contribution in [0.2, 0.25) is 5.82 Å². The average Bonchev–Trinajstić information content (AvgIpc) is 2.81. The van der Waals surface area contributed by atoms with Gasteiger partial charge in [0.25, 0.3) is 10.1 Å². The molecule has 10 heteroatoms. The van der Waals surface area contributed by atoms with E-state index in [0.29, 0.717) is 0 Å². The molecule has 1 aromatic carbocycles. The Kier molecular flexibility index (Phi) is 6.52. The minimum atomic E-state index is -4.07. The summed E-state index contributed by atoms with van der Waals surface area (Å²) in [7, 11) is 0.226. The lowest BCUT2D eigenvalue weighted by molar-refractivity contribution is -0.0352. The average molecular weight is 388 g/mol. The third-order valence-corrected chi connectivity index (χ3v) is 6.82. The van der Waals surface area contributed by atoms with E-state index in [1.54, 1.807) is 12.1 Å². The molecule has 0 heterocycles. The van der Waals surface area contributed by atoms with Gasteiger partial charge in [-0.15, -0.1) is 0 Å². The van der Waals surface area contributed by atoms with Crippen molar-refractivity contribution in [2.45, 2.75) is 42.4 Å². The van der Waals surface area contributed by atoms with E-state index in [1.807, 2.05) is 6.92 Å². The van der Waals surface area contributed by atoms with Crippen molar-refractivity contribution in [3.05, 3.63) is 29.8 Å². The highest BCUT2D eigenvalue weighted by Gasteiger charge is 2.44. The van der Waals surface area contributed by atoms with Crippen LogP contribution in [0.25, 0.3) is 0 Å². The summed E-state index contributed by atoms with van der Waals surface area (Å²) in [6.45, 7) is 3.24. The Morgan fingerprint density at radius 3 is 2.48 bits per heavy atom. The molecule has 1 aliphatic rings. The van der Waals surface area contributed by atoms with Gasteiger partial charge in [-0.2, -0.15) is 8.42 Å². The number of hydrogen-bond acceptors (Lipinski definition) is 7. The normalized spacial score (nSPS) is 29.4. The van der Waals surface area contributed by atoms with Gasteiger partial charge in [0.1, 0.15) is 18.6 Å². The summed E-state index contributed by atoms with van der Waals surface area (Å²) < 4.78 is 52.0. The Hall–Kier alpha value is -0.695. The maximum atomic E-state index is 12.4. The Bertz CT molecular complexity index is 737. The first-order valence-electron chi connectivity index (χ1n) is 7.73. The van der Waals surface area contributed by atoms with E-state index in [0.717, 1.165) is 5.56 Å². The lowest BCUT2D eigenvalue weighted by atomic mass is 9.84. The molecule has 0 saturated heterocycles. The van der Waals surface area contributed by atoms with Crippen LogP contribution in [0.4, 0.5) is 0 Å². The van der Waals surface area contributed by atoms with Gasteiger partial charge in [0.15, 0.2) is 0 Å². The summed E-state index contributed by atoms with van der Waals surface area (Å²) in [6.07, 6.45) is -3.20. The molecule has 1 aliphatic carbocycles. The number of rotatable bonds is 7. The first kappa shape index (κ1) is 20.6. The number of ether oxygens (including phenoxy) is 1. The molecule has 0 amide bonds. The molecule has 0 bridgehead atoms. The number of aryl methyl sites for hydroxylation is 1. The van der Waals surface area contributed by atoms with Crippen LogP contribution in [0.1, 0.15) is 12.0 Å². The smallest absolute Gasteiger partial charge is 0.297 e. The van der Waals surface area contributed by atoms with Crippen LogP contribution in [-0.2, 0) is 28.1 Å². The molecular formula is C15H22BO7PS. The van der Waals surface area contributed by atoms with E-state index < -0.39 is 41.6 Å². The lowest BCUT2D eigenvalue weighted by Gasteiger charge is -2.22. The fourth-order valence-electron chi connectivity index (χ4n) is 2.49. The second-order valence-electron chi connectivity index (χ2n) is 6.25. The van der Waals surface area contributed by atoms with Crippen molar-refractivity contribution in [3.63, 3.8) is 0 Å². The standard InChI is InChI=1S/C15H22BO7PS/c1-10-4-6-11(7-5-10)25(19,20)23-15-12(16)8-13(14(15)17)22-9-24(3,18)21-2/h4-7,12-15,17H,8-9H2,1-3H3. The molecule has 5 atom stereocenters. The van der Waals surface area contributed by atoms with Gasteiger partial charge in [-0.1, -0.05) is 17.7 Å². The summed E-state index contributed by atoms with van der Waals surface area (Å²) in [5.74, 6) is -0.737. The number of aliphatic hydroxyl groups excluding tert-OH is 1. The van der Waals surface area contributed by atoms with Crippen LogP contribution < -0.4 is 0 Å². The van der Waals surface area contributed by atoms with Crippen molar-refractivity contribution in [1.82, 2.24) is 0 Å². The molecule has 2 rings (SSSR count). The molecule has 0 spiro atoms. The highest BCUT2D eigenvalue weighted by molar-refractivity contribution is 7.86. The fraction of sp³-hybridized carbons (Fsp3) is 0.600. The summed E-state index contributed by atoms with van der Waals surface area (Å²) >= 11 is 0.